The lowest BCUT2D eigenvalue weighted by Crippen LogP contribution is -2.34. The van der Waals surface area contributed by atoms with Gasteiger partial charge in [0.05, 0.1) is 6.26 Å². The summed E-state index contributed by atoms with van der Waals surface area (Å²) in [5, 5.41) is 0.327. The third-order valence-corrected chi connectivity index (χ3v) is 5.00. The van der Waals surface area contributed by atoms with Crippen LogP contribution in [0.25, 0.3) is 0 Å². The molecule has 2 aromatic carbocycles. The summed E-state index contributed by atoms with van der Waals surface area (Å²) in [6.07, 6.45) is 1.13. The summed E-state index contributed by atoms with van der Waals surface area (Å²) >= 11 is 5.21. The number of nitrogens with one attached hydrogen (secondary N) is 1. The first-order chi connectivity index (χ1) is 12.4. The van der Waals surface area contributed by atoms with E-state index in [0.29, 0.717) is 23.9 Å². The van der Waals surface area contributed by atoms with E-state index in [-0.39, 0.29) is 5.41 Å². The maximum absolute atomic E-state index is 11.3. The van der Waals surface area contributed by atoms with Crippen LogP contribution in [0.5, 0.6) is 0 Å². The van der Waals surface area contributed by atoms with E-state index in [1.807, 2.05) is 17.0 Å². The Bertz CT molecular complexity index is 884. The molecule has 27 heavy (non-hydrogen) atoms. The van der Waals surface area contributed by atoms with Crippen LogP contribution in [0.4, 0.5) is 5.69 Å². The molecule has 0 aromatic heterocycles. The summed E-state index contributed by atoms with van der Waals surface area (Å²) in [5.74, 6) is 0. The Hall–Kier alpha value is -2.12. The molecule has 0 amide bonds. The number of rotatable bonds is 6. The van der Waals surface area contributed by atoms with Gasteiger partial charge in [-0.3, -0.25) is 4.72 Å². The fraction of sp³-hybridized carbons (Fsp3) is 0.350. The third kappa shape index (κ3) is 6.84. The Morgan fingerprint density at radius 3 is 1.81 bits per heavy atom. The van der Waals surface area contributed by atoms with Crippen molar-refractivity contribution >= 4 is 33.0 Å². The maximum Gasteiger partial charge on any atom is 0.229 e. The summed E-state index contributed by atoms with van der Waals surface area (Å²) in [6.45, 7) is 7.72. The lowest BCUT2D eigenvalue weighted by Gasteiger charge is -2.24. The van der Waals surface area contributed by atoms with E-state index < -0.39 is 10.0 Å². The maximum atomic E-state index is 11.3. The molecule has 0 saturated heterocycles. The smallest absolute Gasteiger partial charge is 0.229 e. The van der Waals surface area contributed by atoms with Crippen molar-refractivity contribution in [1.82, 2.24) is 4.90 Å². The van der Waals surface area contributed by atoms with Gasteiger partial charge in [-0.1, -0.05) is 57.2 Å². The highest BCUT2D eigenvalue weighted by Gasteiger charge is 2.14. The van der Waals surface area contributed by atoms with Gasteiger partial charge in [-0.25, -0.2) is 8.42 Å². The molecule has 146 valence electrons. The summed E-state index contributed by atoms with van der Waals surface area (Å²) in [4.78, 5) is 1.92. The van der Waals surface area contributed by atoms with Crippen molar-refractivity contribution in [3.05, 3.63) is 65.2 Å². The van der Waals surface area contributed by atoms with Crippen LogP contribution in [-0.2, 0) is 28.5 Å². The topological polar surface area (TPSA) is 75.4 Å². The van der Waals surface area contributed by atoms with Gasteiger partial charge in [-0.05, 0) is 46.5 Å². The Balaban J connectivity index is 2.08. The van der Waals surface area contributed by atoms with Gasteiger partial charge < -0.3 is 10.6 Å². The van der Waals surface area contributed by atoms with Gasteiger partial charge in [0.15, 0.2) is 5.11 Å². The van der Waals surface area contributed by atoms with Crippen LogP contribution in [0.15, 0.2) is 48.5 Å². The number of hydrogen-bond acceptors (Lipinski definition) is 3. The molecule has 2 aromatic rings. The second kappa shape index (κ2) is 8.27. The highest BCUT2D eigenvalue weighted by atomic mass is 32.2. The fourth-order valence-corrected chi connectivity index (χ4v) is 3.35. The van der Waals surface area contributed by atoms with Crippen molar-refractivity contribution in [2.45, 2.75) is 39.3 Å². The number of hydrogen-bond donors (Lipinski definition) is 2. The monoisotopic (exact) mass is 405 g/mol. The van der Waals surface area contributed by atoms with E-state index in [4.69, 9.17) is 18.0 Å². The molecular formula is C20H27N3O2S2. The van der Waals surface area contributed by atoms with E-state index >= 15 is 0 Å². The second-order valence-electron chi connectivity index (χ2n) is 7.71. The number of nitrogens with two attached hydrogens (primary N) is 1. The van der Waals surface area contributed by atoms with E-state index in [0.717, 1.165) is 17.4 Å². The first-order valence-electron chi connectivity index (χ1n) is 8.64. The summed E-state index contributed by atoms with van der Waals surface area (Å²) < 4.78 is 25.0. The van der Waals surface area contributed by atoms with Crippen LogP contribution in [0.2, 0.25) is 0 Å². The second-order valence-corrected chi connectivity index (χ2v) is 9.88. The third-order valence-electron chi connectivity index (χ3n) is 4.14. The molecule has 5 nitrogen and oxygen atoms in total. The molecule has 7 heteroatoms. The highest BCUT2D eigenvalue weighted by molar-refractivity contribution is 7.92. The molecule has 0 aliphatic carbocycles. The van der Waals surface area contributed by atoms with E-state index in [2.05, 4.69) is 49.8 Å². The minimum Gasteiger partial charge on any atom is -0.376 e. The fourth-order valence-electron chi connectivity index (χ4n) is 2.65. The standard InChI is InChI=1S/C20H27N3O2S2/c1-20(2,3)17-9-5-15(6-10-17)13-23(19(21)26)14-16-7-11-18(12-8-16)22-27(4,24)25/h5-12,22H,13-14H2,1-4H3,(H2,21,26). The van der Waals surface area contributed by atoms with Gasteiger partial charge in [0.2, 0.25) is 10.0 Å². The van der Waals surface area contributed by atoms with Crippen LogP contribution in [-0.4, -0.2) is 24.7 Å². The largest absolute Gasteiger partial charge is 0.376 e. The van der Waals surface area contributed by atoms with Crippen molar-refractivity contribution in [1.29, 1.82) is 0 Å². The number of nitrogens with zero attached hydrogens (tertiary/aromatic N) is 1. The Kier molecular flexibility index (Phi) is 6.49. The Morgan fingerprint density at radius 1 is 1.00 bits per heavy atom. The Morgan fingerprint density at radius 2 is 1.44 bits per heavy atom. The summed E-state index contributed by atoms with van der Waals surface area (Å²) in [5.41, 5.74) is 9.96. The van der Waals surface area contributed by atoms with Gasteiger partial charge in [-0.15, -0.1) is 0 Å². The van der Waals surface area contributed by atoms with Crippen LogP contribution >= 0.6 is 12.2 Å². The molecule has 0 unspecified atom stereocenters. The molecule has 0 heterocycles. The van der Waals surface area contributed by atoms with Gasteiger partial charge in [0, 0.05) is 18.8 Å². The van der Waals surface area contributed by atoms with Gasteiger partial charge in [-0.2, -0.15) is 0 Å². The lowest BCUT2D eigenvalue weighted by molar-refractivity contribution is 0.409. The minimum absolute atomic E-state index is 0.114. The molecule has 0 aliphatic heterocycles. The molecule has 2 rings (SSSR count). The van der Waals surface area contributed by atoms with Crippen molar-refractivity contribution < 1.29 is 8.42 Å². The average Bonchev–Trinajstić information content (AvgIpc) is 2.54. The molecule has 0 bridgehead atoms. The number of anilines is 1. The van der Waals surface area contributed by atoms with Gasteiger partial charge >= 0.3 is 0 Å². The highest BCUT2D eigenvalue weighted by Crippen LogP contribution is 2.23. The molecule has 0 spiro atoms. The van der Waals surface area contributed by atoms with Crippen molar-refractivity contribution in [3.8, 4) is 0 Å². The minimum atomic E-state index is -3.28. The number of sulfonamides is 1. The van der Waals surface area contributed by atoms with Crippen LogP contribution in [0.1, 0.15) is 37.5 Å². The van der Waals surface area contributed by atoms with Crippen molar-refractivity contribution in [2.75, 3.05) is 11.0 Å². The molecule has 0 atom stereocenters. The molecule has 0 radical (unpaired) electrons. The van der Waals surface area contributed by atoms with Gasteiger partial charge in [0.25, 0.3) is 0 Å². The SMILES string of the molecule is CC(C)(C)c1ccc(CN(Cc2ccc(NS(C)(=O)=O)cc2)C(N)=S)cc1. The first-order valence-corrected chi connectivity index (χ1v) is 10.9. The zero-order chi connectivity index (χ0) is 20.2. The normalized spacial score (nSPS) is 11.9. The van der Waals surface area contributed by atoms with Crippen LogP contribution < -0.4 is 10.5 Å². The first kappa shape index (κ1) is 21.2. The molecule has 0 aliphatic rings. The van der Waals surface area contributed by atoms with E-state index in [9.17, 15) is 8.42 Å². The van der Waals surface area contributed by atoms with E-state index in [1.165, 1.54) is 5.56 Å². The van der Waals surface area contributed by atoms with Crippen LogP contribution in [0, 0.1) is 0 Å². The predicted octanol–water partition coefficient (Wildman–Crippen LogP) is 3.60. The average molecular weight is 406 g/mol. The summed E-state index contributed by atoms with van der Waals surface area (Å²) in [7, 11) is -3.28. The van der Waals surface area contributed by atoms with Crippen LogP contribution in [0.3, 0.4) is 0 Å². The Labute approximate surface area is 167 Å². The number of thiocarbonyl (C=S) groups is 1. The molecule has 0 saturated carbocycles. The number of benzene rings is 2. The van der Waals surface area contributed by atoms with Gasteiger partial charge in [0.1, 0.15) is 0 Å². The zero-order valence-electron chi connectivity index (χ0n) is 16.2. The van der Waals surface area contributed by atoms with E-state index in [1.54, 1.807) is 12.1 Å². The quantitative estimate of drug-likeness (QED) is 0.718. The zero-order valence-corrected chi connectivity index (χ0v) is 17.8. The van der Waals surface area contributed by atoms with Crippen molar-refractivity contribution in [3.63, 3.8) is 0 Å². The van der Waals surface area contributed by atoms with Crippen molar-refractivity contribution in [2.24, 2.45) is 5.73 Å². The lowest BCUT2D eigenvalue weighted by atomic mass is 9.87. The predicted molar refractivity (Wildman–Crippen MR) is 116 cm³/mol. The summed E-state index contributed by atoms with van der Waals surface area (Å²) in [6, 6.07) is 15.7. The molecule has 3 N–H and O–H groups in total. The molecule has 0 fully saturated rings. The molecular weight excluding hydrogens is 378 g/mol.